The molecule has 0 unspecified atom stereocenters. The van der Waals surface area contributed by atoms with Crippen LogP contribution in [0.5, 0.6) is 17.2 Å². The predicted molar refractivity (Wildman–Crippen MR) is 139 cm³/mol. The van der Waals surface area contributed by atoms with Gasteiger partial charge in [0.25, 0.3) is 0 Å². The van der Waals surface area contributed by atoms with Crippen LogP contribution in [0, 0.1) is 5.82 Å². The first-order chi connectivity index (χ1) is 17.6. The summed E-state index contributed by atoms with van der Waals surface area (Å²) < 4.78 is 30.2. The van der Waals surface area contributed by atoms with E-state index in [1.807, 2.05) is 24.3 Å². The maximum atomic E-state index is 13.2. The molecule has 3 aromatic carbocycles. The molecule has 1 fully saturated rings. The average Bonchev–Trinajstić information content (AvgIpc) is 3.11. The van der Waals surface area contributed by atoms with Gasteiger partial charge in [0.05, 0.1) is 14.2 Å². The zero-order chi connectivity index (χ0) is 24.9. The number of hydrogen-bond donors (Lipinski definition) is 0. The lowest BCUT2D eigenvalue weighted by Gasteiger charge is -2.36. The van der Waals surface area contributed by atoms with Crippen molar-refractivity contribution >= 4 is 5.69 Å². The Balaban J connectivity index is 1.21. The van der Waals surface area contributed by atoms with Crippen molar-refractivity contribution in [3.63, 3.8) is 0 Å². The van der Waals surface area contributed by atoms with E-state index in [1.54, 1.807) is 14.2 Å². The zero-order valence-corrected chi connectivity index (χ0v) is 21.1. The summed E-state index contributed by atoms with van der Waals surface area (Å²) in [6.07, 6.45) is 0. The lowest BCUT2D eigenvalue weighted by atomic mass is 10.1. The number of ether oxygens (including phenoxy) is 3. The minimum Gasteiger partial charge on any atom is -0.493 e. The summed E-state index contributed by atoms with van der Waals surface area (Å²) >= 11 is 0. The fourth-order valence-electron chi connectivity index (χ4n) is 5.05. The quantitative estimate of drug-likeness (QED) is 0.483. The van der Waals surface area contributed by atoms with Gasteiger partial charge in [-0.25, -0.2) is 4.39 Å². The molecular weight excluding hydrogens is 457 g/mol. The Hall–Kier alpha value is -3.29. The summed E-state index contributed by atoms with van der Waals surface area (Å²) in [5.41, 5.74) is 4.81. The van der Waals surface area contributed by atoms with E-state index in [2.05, 4.69) is 39.0 Å². The van der Waals surface area contributed by atoms with Gasteiger partial charge < -0.3 is 19.1 Å². The van der Waals surface area contributed by atoms with Crippen LogP contribution in [0.25, 0.3) is 0 Å². The van der Waals surface area contributed by atoms with Gasteiger partial charge in [-0.05, 0) is 59.7 Å². The molecule has 0 amide bonds. The lowest BCUT2D eigenvalue weighted by Crippen LogP contribution is -2.45. The number of fused-ring (bicyclic) bond motifs is 1. The van der Waals surface area contributed by atoms with E-state index in [0.29, 0.717) is 6.61 Å². The van der Waals surface area contributed by atoms with E-state index in [-0.39, 0.29) is 5.82 Å². The second-order valence-corrected chi connectivity index (χ2v) is 9.43. The molecule has 0 aliphatic carbocycles. The van der Waals surface area contributed by atoms with Crippen molar-refractivity contribution in [3.05, 3.63) is 83.2 Å². The molecule has 2 aliphatic heterocycles. The molecule has 36 heavy (non-hydrogen) atoms. The van der Waals surface area contributed by atoms with Crippen LogP contribution in [-0.4, -0.2) is 63.4 Å². The minimum absolute atomic E-state index is 0.188. The molecule has 0 saturated carbocycles. The highest BCUT2D eigenvalue weighted by Crippen LogP contribution is 2.30. The molecule has 190 valence electrons. The Morgan fingerprint density at radius 3 is 2.19 bits per heavy atom. The number of nitrogens with zero attached hydrogens (tertiary/aromatic N) is 3. The van der Waals surface area contributed by atoms with Crippen LogP contribution >= 0.6 is 0 Å². The average molecular weight is 492 g/mol. The monoisotopic (exact) mass is 491 g/mol. The van der Waals surface area contributed by atoms with Gasteiger partial charge in [-0.1, -0.05) is 12.1 Å². The Bertz CT molecular complexity index is 1160. The smallest absolute Gasteiger partial charge is 0.161 e. The molecule has 0 aromatic heterocycles. The molecular formula is C29H34FN3O3. The first-order valence-electron chi connectivity index (χ1n) is 12.5. The second kappa shape index (κ2) is 11.2. The molecule has 0 spiro atoms. The van der Waals surface area contributed by atoms with Gasteiger partial charge in [0.15, 0.2) is 11.5 Å². The highest BCUT2D eigenvalue weighted by molar-refractivity contribution is 5.47. The van der Waals surface area contributed by atoms with E-state index >= 15 is 0 Å². The van der Waals surface area contributed by atoms with Crippen LogP contribution in [-0.2, 0) is 19.6 Å². The summed E-state index contributed by atoms with van der Waals surface area (Å²) in [5.74, 6) is 2.29. The third-order valence-electron chi connectivity index (χ3n) is 7.01. The first kappa shape index (κ1) is 24.4. The standard InChI is InChI=1S/C29H34FN3O3/c1-34-28-10-4-23(18-29(28)35-2)20-32-15-16-36-27-9-3-22(17-24(27)21-32)19-31-11-13-33(14-12-31)26-7-5-25(30)6-8-26/h3-10,17-18H,11-16,19-21H2,1-2H3. The van der Waals surface area contributed by atoms with Crippen molar-refractivity contribution in [3.8, 4) is 17.2 Å². The summed E-state index contributed by atoms with van der Waals surface area (Å²) in [5, 5.41) is 0. The van der Waals surface area contributed by atoms with E-state index in [0.717, 1.165) is 75.3 Å². The molecule has 2 aliphatic rings. The van der Waals surface area contributed by atoms with Crippen LogP contribution in [0.1, 0.15) is 16.7 Å². The summed E-state index contributed by atoms with van der Waals surface area (Å²) in [6.45, 7) is 7.97. The first-order valence-corrected chi connectivity index (χ1v) is 12.5. The molecule has 0 N–H and O–H groups in total. The van der Waals surface area contributed by atoms with E-state index < -0.39 is 0 Å². The number of rotatable bonds is 7. The topological polar surface area (TPSA) is 37.4 Å². The number of piperazine rings is 1. The van der Waals surface area contributed by atoms with Gasteiger partial charge >= 0.3 is 0 Å². The molecule has 0 atom stereocenters. The van der Waals surface area contributed by atoms with Gasteiger partial charge in [0.2, 0.25) is 0 Å². The summed E-state index contributed by atoms with van der Waals surface area (Å²) in [6, 6.07) is 19.5. The SMILES string of the molecule is COc1ccc(CN2CCOc3ccc(CN4CCN(c5ccc(F)cc5)CC4)cc3C2)cc1OC. The Morgan fingerprint density at radius 1 is 0.750 bits per heavy atom. The Labute approximate surface area is 212 Å². The number of anilines is 1. The van der Waals surface area contributed by atoms with Crippen LogP contribution < -0.4 is 19.1 Å². The molecule has 6 nitrogen and oxygen atoms in total. The second-order valence-electron chi connectivity index (χ2n) is 9.43. The highest BCUT2D eigenvalue weighted by atomic mass is 19.1. The third kappa shape index (κ3) is 5.74. The number of hydrogen-bond acceptors (Lipinski definition) is 6. The van der Waals surface area contributed by atoms with Crippen molar-refractivity contribution in [2.24, 2.45) is 0 Å². The summed E-state index contributed by atoms with van der Waals surface area (Å²) in [4.78, 5) is 7.23. The largest absolute Gasteiger partial charge is 0.493 e. The molecule has 3 aromatic rings. The van der Waals surface area contributed by atoms with E-state index in [9.17, 15) is 4.39 Å². The van der Waals surface area contributed by atoms with Crippen molar-refractivity contribution in [1.29, 1.82) is 0 Å². The van der Waals surface area contributed by atoms with Crippen LogP contribution in [0.3, 0.4) is 0 Å². The van der Waals surface area contributed by atoms with E-state index in [1.165, 1.54) is 28.8 Å². The molecule has 7 heteroatoms. The fourth-order valence-corrected chi connectivity index (χ4v) is 5.05. The predicted octanol–water partition coefficient (Wildman–Crippen LogP) is 4.56. The Morgan fingerprint density at radius 2 is 1.44 bits per heavy atom. The van der Waals surface area contributed by atoms with Crippen molar-refractivity contribution in [2.75, 3.05) is 58.5 Å². The molecule has 0 radical (unpaired) electrons. The van der Waals surface area contributed by atoms with E-state index in [4.69, 9.17) is 14.2 Å². The number of methoxy groups -OCH3 is 2. The summed E-state index contributed by atoms with van der Waals surface area (Å²) in [7, 11) is 3.32. The molecule has 0 bridgehead atoms. The zero-order valence-electron chi connectivity index (χ0n) is 21.1. The molecule has 2 heterocycles. The fraction of sp³-hybridized carbons (Fsp3) is 0.379. The van der Waals surface area contributed by atoms with Crippen molar-refractivity contribution in [1.82, 2.24) is 9.80 Å². The van der Waals surface area contributed by atoms with Crippen molar-refractivity contribution in [2.45, 2.75) is 19.6 Å². The van der Waals surface area contributed by atoms with Gasteiger partial charge in [0.1, 0.15) is 18.2 Å². The van der Waals surface area contributed by atoms with Gasteiger partial charge in [-0.2, -0.15) is 0 Å². The van der Waals surface area contributed by atoms with Crippen LogP contribution in [0.2, 0.25) is 0 Å². The number of halogens is 1. The maximum Gasteiger partial charge on any atom is 0.161 e. The van der Waals surface area contributed by atoms with Crippen LogP contribution in [0.15, 0.2) is 60.7 Å². The van der Waals surface area contributed by atoms with Crippen LogP contribution in [0.4, 0.5) is 10.1 Å². The number of benzene rings is 3. The van der Waals surface area contributed by atoms with Gasteiger partial charge in [0, 0.05) is 63.6 Å². The molecule has 5 rings (SSSR count). The third-order valence-corrected chi connectivity index (χ3v) is 7.01. The minimum atomic E-state index is -0.188. The Kier molecular flexibility index (Phi) is 7.58. The molecule has 1 saturated heterocycles. The maximum absolute atomic E-state index is 13.2. The normalized spacial score (nSPS) is 16.7. The van der Waals surface area contributed by atoms with Gasteiger partial charge in [-0.3, -0.25) is 9.80 Å². The van der Waals surface area contributed by atoms with Gasteiger partial charge in [-0.15, -0.1) is 0 Å². The van der Waals surface area contributed by atoms with Crippen molar-refractivity contribution < 1.29 is 18.6 Å². The highest BCUT2D eigenvalue weighted by Gasteiger charge is 2.20. The lowest BCUT2D eigenvalue weighted by molar-refractivity contribution is 0.219.